The molecule has 0 radical (unpaired) electrons. The number of para-hydroxylation sites is 2. The van der Waals surface area contributed by atoms with Crippen molar-refractivity contribution in [3.63, 3.8) is 0 Å². The first-order chi connectivity index (χ1) is 11.2. The van der Waals surface area contributed by atoms with E-state index in [-0.39, 0.29) is 11.5 Å². The van der Waals surface area contributed by atoms with Crippen molar-refractivity contribution in [3.8, 4) is 22.8 Å². The minimum Gasteiger partial charge on any atom is -0.549 e. The van der Waals surface area contributed by atoms with Crippen molar-refractivity contribution in [2.75, 3.05) is 5.75 Å². The molecule has 0 aliphatic heterocycles. The fourth-order valence-electron chi connectivity index (χ4n) is 2.13. The van der Waals surface area contributed by atoms with Gasteiger partial charge in [-0.05, 0) is 24.3 Å². The first-order valence-electron chi connectivity index (χ1n) is 6.78. The Morgan fingerprint density at radius 1 is 1.09 bits per heavy atom. The summed E-state index contributed by atoms with van der Waals surface area (Å²) in [7, 11) is 0. The number of carbonyl (C=O) groups excluding carboxylic acids is 1. The van der Waals surface area contributed by atoms with E-state index in [0.717, 1.165) is 17.4 Å². The molecular weight excluding hydrogens is 314 g/mol. The highest BCUT2D eigenvalue weighted by Gasteiger charge is 2.18. The van der Waals surface area contributed by atoms with Gasteiger partial charge in [-0.2, -0.15) is 0 Å². The summed E-state index contributed by atoms with van der Waals surface area (Å²) in [6.07, 6.45) is 0. The van der Waals surface area contributed by atoms with Crippen LogP contribution < -0.4 is 5.11 Å². The van der Waals surface area contributed by atoms with Crippen LogP contribution in [0.3, 0.4) is 0 Å². The molecule has 3 rings (SSSR count). The van der Waals surface area contributed by atoms with E-state index in [0.29, 0.717) is 16.5 Å². The Bertz CT molecular complexity index is 834. The maximum absolute atomic E-state index is 10.7. The summed E-state index contributed by atoms with van der Waals surface area (Å²) in [5.74, 6) is -0.892. The lowest BCUT2D eigenvalue weighted by molar-refractivity contribution is -0.301. The summed E-state index contributed by atoms with van der Waals surface area (Å²) in [5, 5.41) is 29.4. The highest BCUT2D eigenvalue weighted by Crippen LogP contribution is 2.32. The van der Waals surface area contributed by atoms with Crippen LogP contribution >= 0.6 is 11.8 Å². The monoisotopic (exact) mass is 326 g/mol. The number of aromatic hydroxyl groups is 1. The Morgan fingerprint density at radius 3 is 2.48 bits per heavy atom. The first-order valence-corrected chi connectivity index (χ1v) is 7.77. The van der Waals surface area contributed by atoms with Crippen LogP contribution in [0.15, 0.2) is 59.8 Å². The lowest BCUT2D eigenvalue weighted by Crippen LogP contribution is -2.24. The quantitative estimate of drug-likeness (QED) is 0.714. The van der Waals surface area contributed by atoms with Crippen LogP contribution in [-0.2, 0) is 4.79 Å². The van der Waals surface area contributed by atoms with Crippen LogP contribution in [0, 0.1) is 0 Å². The van der Waals surface area contributed by atoms with Gasteiger partial charge < -0.3 is 15.0 Å². The summed E-state index contributed by atoms with van der Waals surface area (Å²) >= 11 is 1.02. The smallest absolute Gasteiger partial charge is 0.196 e. The normalized spacial score (nSPS) is 10.6. The highest BCUT2D eigenvalue weighted by atomic mass is 32.2. The van der Waals surface area contributed by atoms with E-state index in [4.69, 9.17) is 0 Å². The van der Waals surface area contributed by atoms with Crippen molar-refractivity contribution >= 4 is 17.7 Å². The number of hydrogen-bond donors (Lipinski definition) is 1. The molecule has 0 spiro atoms. The van der Waals surface area contributed by atoms with E-state index in [9.17, 15) is 15.0 Å². The Balaban J connectivity index is 2.14. The molecule has 0 saturated carbocycles. The topological polar surface area (TPSA) is 91.1 Å². The fourth-order valence-corrected chi connectivity index (χ4v) is 2.80. The van der Waals surface area contributed by atoms with Crippen molar-refractivity contribution < 1.29 is 15.0 Å². The zero-order valence-electron chi connectivity index (χ0n) is 11.9. The second-order valence-corrected chi connectivity index (χ2v) is 5.60. The Morgan fingerprint density at radius 2 is 1.78 bits per heavy atom. The molecular formula is C16H12N3O3S-. The summed E-state index contributed by atoms with van der Waals surface area (Å²) in [6.45, 7) is 0. The van der Waals surface area contributed by atoms with E-state index in [1.165, 1.54) is 0 Å². The molecule has 2 aromatic carbocycles. The number of carboxylic acid groups (broad SMARTS) is 1. The van der Waals surface area contributed by atoms with E-state index < -0.39 is 5.97 Å². The molecule has 23 heavy (non-hydrogen) atoms. The molecule has 0 amide bonds. The zero-order chi connectivity index (χ0) is 16.2. The second kappa shape index (κ2) is 6.53. The number of thioether (sulfide) groups is 1. The molecule has 7 heteroatoms. The van der Waals surface area contributed by atoms with Crippen molar-refractivity contribution in [3.05, 3.63) is 54.6 Å². The number of nitrogens with zero attached hydrogens (tertiary/aromatic N) is 3. The van der Waals surface area contributed by atoms with Crippen molar-refractivity contribution in [1.29, 1.82) is 0 Å². The third kappa shape index (κ3) is 3.19. The molecule has 3 aromatic rings. The van der Waals surface area contributed by atoms with Gasteiger partial charge in [0, 0.05) is 11.4 Å². The van der Waals surface area contributed by atoms with E-state index in [1.54, 1.807) is 28.8 Å². The van der Waals surface area contributed by atoms with Gasteiger partial charge >= 0.3 is 0 Å². The maximum atomic E-state index is 10.7. The van der Waals surface area contributed by atoms with E-state index in [2.05, 4.69) is 10.2 Å². The van der Waals surface area contributed by atoms with Crippen LogP contribution in [0.4, 0.5) is 0 Å². The predicted octanol–water partition coefficient (Wildman–Crippen LogP) is 1.48. The van der Waals surface area contributed by atoms with E-state index >= 15 is 0 Å². The first kappa shape index (κ1) is 15.1. The van der Waals surface area contributed by atoms with Gasteiger partial charge in [0.2, 0.25) is 0 Å². The number of phenolic OH excluding ortho intramolecular Hbond substituents is 1. The van der Waals surface area contributed by atoms with E-state index in [1.807, 2.05) is 30.3 Å². The third-order valence-electron chi connectivity index (χ3n) is 3.11. The molecule has 116 valence electrons. The Hall–Kier alpha value is -2.80. The molecule has 0 fully saturated rings. The molecule has 6 nitrogen and oxygen atoms in total. The van der Waals surface area contributed by atoms with Crippen molar-refractivity contribution in [1.82, 2.24) is 14.8 Å². The highest BCUT2D eigenvalue weighted by molar-refractivity contribution is 7.99. The second-order valence-electron chi connectivity index (χ2n) is 4.65. The largest absolute Gasteiger partial charge is 0.549 e. The van der Waals surface area contributed by atoms with Gasteiger partial charge in [-0.3, -0.25) is 4.57 Å². The van der Waals surface area contributed by atoms with Gasteiger partial charge in [-0.15, -0.1) is 10.2 Å². The van der Waals surface area contributed by atoms with Gasteiger partial charge in [0.05, 0.1) is 11.5 Å². The summed E-state index contributed by atoms with van der Waals surface area (Å²) in [6, 6.07) is 16.1. The Kier molecular flexibility index (Phi) is 4.29. The van der Waals surface area contributed by atoms with Crippen LogP contribution in [0.2, 0.25) is 0 Å². The molecule has 1 heterocycles. The summed E-state index contributed by atoms with van der Waals surface area (Å²) in [4.78, 5) is 10.7. The number of hydrogen-bond acceptors (Lipinski definition) is 6. The van der Waals surface area contributed by atoms with Crippen molar-refractivity contribution in [2.24, 2.45) is 0 Å². The predicted molar refractivity (Wildman–Crippen MR) is 84.2 cm³/mol. The molecule has 1 aromatic heterocycles. The molecule has 0 aliphatic carbocycles. The standard InChI is InChI=1S/C16H13N3O3S/c20-13-9-5-4-8-12(13)15-17-18-16(23-10-14(21)22)19(15)11-6-2-1-3-7-11/h1-9,20H,10H2,(H,21,22)/p-1. The third-order valence-corrected chi connectivity index (χ3v) is 4.01. The molecule has 0 saturated heterocycles. The van der Waals surface area contributed by atoms with Crippen LogP contribution in [0.5, 0.6) is 5.75 Å². The molecule has 0 aliphatic rings. The number of benzene rings is 2. The number of phenols is 1. The fraction of sp³-hybridized carbons (Fsp3) is 0.0625. The van der Waals surface area contributed by atoms with Gasteiger partial charge in [0.1, 0.15) is 5.75 Å². The van der Waals surface area contributed by atoms with Crippen LogP contribution in [0.25, 0.3) is 17.1 Å². The number of carboxylic acids is 1. The zero-order valence-corrected chi connectivity index (χ0v) is 12.7. The number of carbonyl (C=O) groups is 1. The molecule has 0 bridgehead atoms. The lowest BCUT2D eigenvalue weighted by atomic mass is 10.2. The van der Waals surface area contributed by atoms with Gasteiger partial charge in [-0.1, -0.05) is 42.1 Å². The SMILES string of the molecule is O=C([O-])CSc1nnc(-c2ccccc2O)n1-c1ccccc1. The van der Waals surface area contributed by atoms with Crippen LogP contribution in [-0.4, -0.2) is 31.6 Å². The minimum atomic E-state index is -1.18. The van der Waals surface area contributed by atoms with Crippen molar-refractivity contribution in [2.45, 2.75) is 5.16 Å². The molecule has 1 N–H and O–H groups in total. The summed E-state index contributed by atoms with van der Waals surface area (Å²) in [5.41, 5.74) is 1.29. The molecule has 0 unspecified atom stereocenters. The average molecular weight is 326 g/mol. The number of aliphatic carboxylic acids is 1. The van der Waals surface area contributed by atoms with Gasteiger partial charge in [-0.25, -0.2) is 0 Å². The minimum absolute atomic E-state index is 0.0773. The van der Waals surface area contributed by atoms with Gasteiger partial charge in [0.15, 0.2) is 11.0 Å². The Labute approximate surface area is 136 Å². The maximum Gasteiger partial charge on any atom is 0.196 e. The average Bonchev–Trinajstić information content (AvgIpc) is 2.98. The summed E-state index contributed by atoms with van der Waals surface area (Å²) < 4.78 is 1.71. The lowest BCUT2D eigenvalue weighted by Gasteiger charge is -2.11. The molecule has 0 atom stereocenters. The number of rotatable bonds is 5. The number of aromatic nitrogens is 3. The van der Waals surface area contributed by atoms with Gasteiger partial charge in [0.25, 0.3) is 0 Å². The van der Waals surface area contributed by atoms with Crippen LogP contribution in [0.1, 0.15) is 0 Å².